The van der Waals surface area contributed by atoms with Crippen molar-refractivity contribution in [2.75, 3.05) is 13.1 Å². The quantitative estimate of drug-likeness (QED) is 0.578. The Balaban J connectivity index is 3.72. The summed E-state index contributed by atoms with van der Waals surface area (Å²) in [6.07, 6.45) is 0. The Kier molecular flexibility index (Phi) is 4.45. The average molecular weight is 164 g/mol. The number of alkyl halides is 1. The van der Waals surface area contributed by atoms with Crippen LogP contribution in [0.3, 0.4) is 0 Å². The second kappa shape index (κ2) is 4.56. The highest BCUT2D eigenvalue weighted by molar-refractivity contribution is 6.20. The van der Waals surface area contributed by atoms with Crippen molar-refractivity contribution in [2.45, 2.75) is 26.1 Å². The number of nitrogens with zero attached hydrogens (tertiary/aromatic N) is 1. The van der Waals surface area contributed by atoms with Crippen LogP contribution in [0.2, 0.25) is 0 Å². The van der Waals surface area contributed by atoms with Gasteiger partial charge in [0.1, 0.15) is 0 Å². The van der Waals surface area contributed by atoms with Crippen molar-refractivity contribution in [1.29, 1.82) is 0 Å². The molecule has 0 aliphatic heterocycles. The number of hydrogen-bond donors (Lipinski definition) is 0. The van der Waals surface area contributed by atoms with Crippen molar-refractivity contribution in [3.05, 3.63) is 0 Å². The van der Waals surface area contributed by atoms with Crippen molar-refractivity contribution in [1.82, 2.24) is 4.90 Å². The van der Waals surface area contributed by atoms with Gasteiger partial charge in [0.05, 0.1) is 0 Å². The van der Waals surface area contributed by atoms with Crippen LogP contribution in [-0.2, 0) is 4.79 Å². The molecule has 2 nitrogen and oxygen atoms in total. The molecular weight excluding hydrogens is 150 g/mol. The maximum absolute atomic E-state index is 10.8. The summed E-state index contributed by atoms with van der Waals surface area (Å²) >= 11 is 5.70. The average Bonchev–Trinajstić information content (AvgIpc) is 1.81. The molecule has 10 heavy (non-hydrogen) atoms. The number of carbonyl (C=O) groups excluding carboxylic acids is 1. The monoisotopic (exact) mass is 163 g/mol. The van der Waals surface area contributed by atoms with Gasteiger partial charge in [-0.2, -0.15) is 0 Å². The van der Waals surface area contributed by atoms with Gasteiger partial charge in [-0.3, -0.25) is 4.79 Å². The summed E-state index contributed by atoms with van der Waals surface area (Å²) in [7, 11) is 0. The zero-order chi connectivity index (χ0) is 8.15. The van der Waals surface area contributed by atoms with Gasteiger partial charge in [-0.1, -0.05) is 0 Å². The molecule has 0 heterocycles. The van der Waals surface area contributed by atoms with E-state index in [1.54, 1.807) is 11.8 Å². The molecule has 1 amide bonds. The lowest BCUT2D eigenvalue weighted by atomic mass is 10.4. The number of amides is 1. The molecule has 0 bridgehead atoms. The molecule has 1 unspecified atom stereocenters. The lowest BCUT2D eigenvalue weighted by molar-refractivity contribution is -0.128. The van der Waals surface area contributed by atoms with Crippen LogP contribution in [0.25, 0.3) is 0 Å². The van der Waals surface area contributed by atoms with E-state index in [0.29, 0.717) is 6.54 Å². The summed E-state index contributed by atoms with van der Waals surface area (Å²) in [5.74, 6) is 0.0926. The van der Waals surface area contributed by atoms with Gasteiger partial charge >= 0.3 is 0 Å². The highest BCUT2D eigenvalue weighted by Gasteiger charge is 2.07. The van der Waals surface area contributed by atoms with Gasteiger partial charge < -0.3 is 4.90 Å². The first-order valence-corrected chi connectivity index (χ1v) is 3.91. The molecule has 0 rings (SSSR count). The van der Waals surface area contributed by atoms with Crippen LogP contribution in [0.5, 0.6) is 0 Å². The third kappa shape index (κ3) is 3.72. The summed E-state index contributed by atoms with van der Waals surface area (Å²) in [4.78, 5) is 12.5. The summed E-state index contributed by atoms with van der Waals surface area (Å²) in [5, 5.41) is 0.0452. The minimum atomic E-state index is 0.0452. The molecule has 0 saturated heterocycles. The minimum absolute atomic E-state index is 0.0452. The first-order valence-electron chi connectivity index (χ1n) is 3.47. The molecule has 0 fully saturated rings. The number of carbonyl (C=O) groups is 1. The van der Waals surface area contributed by atoms with Crippen molar-refractivity contribution >= 4 is 17.5 Å². The fraction of sp³-hybridized carbons (Fsp3) is 0.857. The lowest BCUT2D eigenvalue weighted by Crippen LogP contribution is -2.32. The van der Waals surface area contributed by atoms with Crippen LogP contribution < -0.4 is 0 Å². The Labute approximate surface area is 67.2 Å². The molecule has 3 heteroatoms. The third-order valence-electron chi connectivity index (χ3n) is 1.30. The maximum atomic E-state index is 10.8. The molecule has 0 aromatic rings. The molecular formula is C7H14ClNO. The van der Waals surface area contributed by atoms with E-state index >= 15 is 0 Å². The topological polar surface area (TPSA) is 20.3 Å². The smallest absolute Gasteiger partial charge is 0.219 e. The van der Waals surface area contributed by atoms with Gasteiger partial charge in [0.25, 0.3) is 0 Å². The molecule has 0 aromatic heterocycles. The van der Waals surface area contributed by atoms with Crippen LogP contribution in [-0.4, -0.2) is 29.3 Å². The van der Waals surface area contributed by atoms with Crippen molar-refractivity contribution in [3.8, 4) is 0 Å². The number of halogens is 1. The van der Waals surface area contributed by atoms with Crippen molar-refractivity contribution in [2.24, 2.45) is 0 Å². The molecule has 0 aliphatic rings. The van der Waals surface area contributed by atoms with Crippen molar-refractivity contribution in [3.63, 3.8) is 0 Å². The summed E-state index contributed by atoms with van der Waals surface area (Å²) in [6.45, 7) is 6.77. The van der Waals surface area contributed by atoms with Crippen LogP contribution in [0, 0.1) is 0 Å². The maximum Gasteiger partial charge on any atom is 0.219 e. The van der Waals surface area contributed by atoms with Gasteiger partial charge in [0.15, 0.2) is 0 Å². The highest BCUT2D eigenvalue weighted by atomic mass is 35.5. The molecule has 0 aliphatic carbocycles. The number of hydrogen-bond acceptors (Lipinski definition) is 1. The Hall–Kier alpha value is -0.240. The normalized spacial score (nSPS) is 12.8. The molecule has 0 radical (unpaired) electrons. The fourth-order valence-corrected chi connectivity index (χ4v) is 0.951. The Morgan fingerprint density at radius 3 is 2.30 bits per heavy atom. The van der Waals surface area contributed by atoms with E-state index in [4.69, 9.17) is 11.6 Å². The number of rotatable bonds is 3. The summed E-state index contributed by atoms with van der Waals surface area (Å²) < 4.78 is 0. The zero-order valence-electron chi connectivity index (χ0n) is 6.72. The predicted molar refractivity (Wildman–Crippen MR) is 43.2 cm³/mol. The Bertz CT molecular complexity index is 114. The molecule has 0 saturated carbocycles. The summed E-state index contributed by atoms with van der Waals surface area (Å²) in [6, 6.07) is 0. The van der Waals surface area contributed by atoms with Gasteiger partial charge in [-0.25, -0.2) is 0 Å². The minimum Gasteiger partial charge on any atom is -0.342 e. The summed E-state index contributed by atoms with van der Waals surface area (Å²) in [5.41, 5.74) is 0. The second-order valence-corrected chi connectivity index (χ2v) is 3.08. The molecule has 0 spiro atoms. The van der Waals surface area contributed by atoms with Gasteiger partial charge in [0, 0.05) is 25.4 Å². The molecule has 0 N–H and O–H groups in total. The fourth-order valence-electron chi connectivity index (χ4n) is 0.784. The first-order chi connectivity index (χ1) is 4.57. The molecule has 1 atom stereocenters. The van der Waals surface area contributed by atoms with E-state index in [1.807, 2.05) is 13.8 Å². The van der Waals surface area contributed by atoms with E-state index in [9.17, 15) is 4.79 Å². The van der Waals surface area contributed by atoms with E-state index in [2.05, 4.69) is 0 Å². The zero-order valence-corrected chi connectivity index (χ0v) is 7.48. The van der Waals surface area contributed by atoms with Crippen molar-refractivity contribution < 1.29 is 4.79 Å². The largest absolute Gasteiger partial charge is 0.342 e. The highest BCUT2D eigenvalue weighted by Crippen LogP contribution is 1.98. The standard InChI is InChI=1S/C7H14ClNO/c1-4-9(7(3)10)5-6(2)8/h6H,4-5H2,1-3H3. The molecule has 0 aromatic carbocycles. The predicted octanol–water partition coefficient (Wildman–Crippen LogP) is 1.48. The lowest BCUT2D eigenvalue weighted by Gasteiger charge is -2.19. The third-order valence-corrected chi connectivity index (χ3v) is 1.44. The van der Waals surface area contributed by atoms with E-state index in [-0.39, 0.29) is 11.3 Å². The van der Waals surface area contributed by atoms with Crippen LogP contribution in [0.15, 0.2) is 0 Å². The van der Waals surface area contributed by atoms with Gasteiger partial charge in [0.2, 0.25) is 5.91 Å². The first kappa shape index (κ1) is 9.76. The van der Waals surface area contributed by atoms with Crippen LogP contribution in [0.4, 0.5) is 0 Å². The van der Waals surface area contributed by atoms with Gasteiger partial charge in [-0.15, -0.1) is 11.6 Å². The Morgan fingerprint density at radius 1 is 1.70 bits per heavy atom. The van der Waals surface area contributed by atoms with Gasteiger partial charge in [-0.05, 0) is 13.8 Å². The van der Waals surface area contributed by atoms with Crippen LogP contribution >= 0.6 is 11.6 Å². The van der Waals surface area contributed by atoms with E-state index in [0.717, 1.165) is 6.54 Å². The van der Waals surface area contributed by atoms with E-state index < -0.39 is 0 Å². The molecule has 60 valence electrons. The van der Waals surface area contributed by atoms with Crippen LogP contribution in [0.1, 0.15) is 20.8 Å². The van der Waals surface area contributed by atoms with E-state index in [1.165, 1.54) is 0 Å². The second-order valence-electron chi connectivity index (χ2n) is 2.34. The Morgan fingerprint density at radius 2 is 2.20 bits per heavy atom. The SMILES string of the molecule is CCN(CC(C)Cl)C(C)=O.